The summed E-state index contributed by atoms with van der Waals surface area (Å²) in [6.45, 7) is 5.21. The fraction of sp³-hybridized carbons (Fsp3) is 0.455. The Kier molecular flexibility index (Phi) is 3.97. The summed E-state index contributed by atoms with van der Waals surface area (Å²) in [4.78, 5) is 21.8. The molecule has 0 atom stereocenters. The average molecular weight is 304 g/mol. The fourth-order valence-corrected chi connectivity index (χ4v) is 3.47. The molecule has 0 aliphatic carbocycles. The highest BCUT2D eigenvalue weighted by Gasteiger charge is 2.37. The van der Waals surface area contributed by atoms with Crippen LogP contribution in [0.5, 0.6) is 0 Å². The third-order valence-electron chi connectivity index (χ3n) is 2.69. The van der Waals surface area contributed by atoms with E-state index in [1.807, 2.05) is 0 Å². The van der Waals surface area contributed by atoms with Gasteiger partial charge in [-0.25, -0.2) is 13.2 Å². The molecule has 112 valence electrons. The number of nitrogens with two attached hydrogens (primary N) is 1. The SMILES string of the molecule is Cc1oc(C)c(S(=O)(=O)NC(C)(C)C(N)=O)c1C(=O)O. The van der Waals surface area contributed by atoms with Crippen LogP contribution in [0.4, 0.5) is 0 Å². The zero-order valence-corrected chi connectivity index (χ0v) is 12.3. The number of rotatable bonds is 5. The van der Waals surface area contributed by atoms with Crippen molar-refractivity contribution in [2.24, 2.45) is 5.73 Å². The molecule has 0 saturated heterocycles. The molecule has 8 nitrogen and oxygen atoms in total. The van der Waals surface area contributed by atoms with E-state index in [2.05, 4.69) is 4.72 Å². The van der Waals surface area contributed by atoms with Crippen LogP contribution in [0.1, 0.15) is 35.7 Å². The standard InChI is InChI=1S/C11H16N2O6S/c1-5-7(9(14)15)8(6(2)19-5)20(17,18)13-11(3,4)10(12)16/h13H,1-4H3,(H2,12,16)(H,14,15). The first kappa shape index (κ1) is 16.2. The molecular formula is C11H16N2O6S. The van der Waals surface area contributed by atoms with Crippen molar-refractivity contribution in [3.05, 3.63) is 17.1 Å². The van der Waals surface area contributed by atoms with E-state index in [9.17, 15) is 18.0 Å². The van der Waals surface area contributed by atoms with Gasteiger partial charge in [-0.1, -0.05) is 0 Å². The Labute approximate surface area is 116 Å². The van der Waals surface area contributed by atoms with E-state index >= 15 is 0 Å². The van der Waals surface area contributed by atoms with Crippen LogP contribution in [-0.4, -0.2) is 30.9 Å². The number of carbonyl (C=O) groups is 2. The van der Waals surface area contributed by atoms with E-state index in [1.54, 1.807) is 0 Å². The third kappa shape index (κ3) is 2.83. The molecule has 1 aromatic heterocycles. The number of amides is 1. The van der Waals surface area contributed by atoms with Crippen LogP contribution >= 0.6 is 0 Å². The second-order valence-corrected chi connectivity index (χ2v) is 6.44. The van der Waals surface area contributed by atoms with Gasteiger partial charge in [-0.15, -0.1) is 0 Å². The van der Waals surface area contributed by atoms with Crippen LogP contribution in [0.15, 0.2) is 9.31 Å². The Morgan fingerprint density at radius 3 is 2.15 bits per heavy atom. The van der Waals surface area contributed by atoms with E-state index in [0.29, 0.717) is 0 Å². The van der Waals surface area contributed by atoms with Crippen molar-refractivity contribution in [2.75, 3.05) is 0 Å². The molecule has 1 rings (SSSR count). The minimum Gasteiger partial charge on any atom is -0.478 e. The fourth-order valence-electron chi connectivity index (χ4n) is 1.67. The summed E-state index contributed by atoms with van der Waals surface area (Å²) in [5.74, 6) is -2.44. The van der Waals surface area contributed by atoms with Crippen LogP contribution in [0, 0.1) is 13.8 Å². The van der Waals surface area contributed by atoms with Crippen molar-refractivity contribution >= 4 is 21.9 Å². The molecule has 1 aromatic rings. The van der Waals surface area contributed by atoms with Crippen LogP contribution in [-0.2, 0) is 14.8 Å². The zero-order chi connectivity index (χ0) is 15.9. The van der Waals surface area contributed by atoms with Crippen molar-refractivity contribution in [1.82, 2.24) is 4.72 Å². The van der Waals surface area contributed by atoms with Gasteiger partial charge in [0.1, 0.15) is 27.5 Å². The molecule has 0 aliphatic heterocycles. The summed E-state index contributed by atoms with van der Waals surface area (Å²) in [5.41, 5.74) is 3.06. The predicted octanol–water partition coefficient (Wildman–Crippen LogP) is 0.137. The Morgan fingerprint density at radius 1 is 1.25 bits per heavy atom. The Morgan fingerprint density at radius 2 is 1.75 bits per heavy atom. The van der Waals surface area contributed by atoms with Crippen LogP contribution in [0.25, 0.3) is 0 Å². The Hall–Kier alpha value is -1.87. The summed E-state index contributed by atoms with van der Waals surface area (Å²) >= 11 is 0. The van der Waals surface area contributed by atoms with E-state index in [-0.39, 0.29) is 11.5 Å². The molecule has 20 heavy (non-hydrogen) atoms. The van der Waals surface area contributed by atoms with E-state index < -0.39 is 37.9 Å². The Bertz CT molecular complexity index is 671. The average Bonchev–Trinajstić information content (AvgIpc) is 2.52. The lowest BCUT2D eigenvalue weighted by atomic mass is 10.1. The smallest absolute Gasteiger partial charge is 0.340 e. The molecule has 0 aromatic carbocycles. The molecule has 0 fully saturated rings. The van der Waals surface area contributed by atoms with Gasteiger partial charge in [0, 0.05) is 0 Å². The van der Waals surface area contributed by atoms with Crippen molar-refractivity contribution in [3.8, 4) is 0 Å². The molecule has 0 bridgehead atoms. The maximum absolute atomic E-state index is 12.3. The van der Waals surface area contributed by atoms with Crippen molar-refractivity contribution in [1.29, 1.82) is 0 Å². The number of carbonyl (C=O) groups excluding carboxylic acids is 1. The number of hydrogen-bond acceptors (Lipinski definition) is 5. The molecular weight excluding hydrogens is 288 g/mol. The first-order valence-corrected chi connectivity index (χ1v) is 7.05. The Balaban J connectivity index is 3.45. The maximum Gasteiger partial charge on any atom is 0.340 e. The molecule has 0 saturated carbocycles. The lowest BCUT2D eigenvalue weighted by Gasteiger charge is -2.21. The van der Waals surface area contributed by atoms with E-state index in [1.165, 1.54) is 27.7 Å². The van der Waals surface area contributed by atoms with Gasteiger partial charge in [-0.3, -0.25) is 4.79 Å². The maximum atomic E-state index is 12.3. The van der Waals surface area contributed by atoms with Crippen LogP contribution in [0.2, 0.25) is 0 Å². The van der Waals surface area contributed by atoms with Gasteiger partial charge in [-0.05, 0) is 27.7 Å². The number of carboxylic acid groups (broad SMARTS) is 1. The summed E-state index contributed by atoms with van der Waals surface area (Å²) in [5, 5.41) is 9.09. The van der Waals surface area contributed by atoms with Crippen LogP contribution in [0.3, 0.4) is 0 Å². The quantitative estimate of drug-likeness (QED) is 0.706. The normalized spacial score (nSPS) is 12.4. The number of primary amides is 1. The number of furan rings is 1. The zero-order valence-electron chi connectivity index (χ0n) is 11.5. The van der Waals surface area contributed by atoms with Gasteiger partial charge in [0.25, 0.3) is 0 Å². The monoisotopic (exact) mass is 304 g/mol. The number of aromatic carboxylic acids is 1. The molecule has 9 heteroatoms. The topological polar surface area (TPSA) is 140 Å². The molecule has 4 N–H and O–H groups in total. The van der Waals surface area contributed by atoms with E-state index in [0.717, 1.165) is 0 Å². The summed E-state index contributed by atoms with van der Waals surface area (Å²) in [7, 11) is -4.27. The van der Waals surface area contributed by atoms with Crippen LogP contribution < -0.4 is 10.5 Å². The third-order valence-corrected chi connectivity index (χ3v) is 4.50. The highest BCUT2D eigenvalue weighted by Crippen LogP contribution is 2.27. The number of sulfonamides is 1. The van der Waals surface area contributed by atoms with Gasteiger partial charge in [0.15, 0.2) is 0 Å². The number of carboxylic acids is 1. The molecule has 0 radical (unpaired) electrons. The van der Waals surface area contributed by atoms with Gasteiger partial charge in [0.2, 0.25) is 15.9 Å². The summed E-state index contributed by atoms with van der Waals surface area (Å²) in [6, 6.07) is 0. The second-order valence-electron chi connectivity index (χ2n) is 4.82. The van der Waals surface area contributed by atoms with Gasteiger partial charge < -0.3 is 15.3 Å². The minimum absolute atomic E-state index is 0.0349. The highest BCUT2D eigenvalue weighted by molar-refractivity contribution is 7.89. The molecule has 1 amide bonds. The van der Waals surface area contributed by atoms with Gasteiger partial charge in [-0.2, -0.15) is 4.72 Å². The predicted molar refractivity (Wildman–Crippen MR) is 68.7 cm³/mol. The lowest BCUT2D eigenvalue weighted by molar-refractivity contribution is -0.122. The summed E-state index contributed by atoms with van der Waals surface area (Å²) in [6.07, 6.45) is 0. The molecule has 1 heterocycles. The van der Waals surface area contributed by atoms with Crippen molar-refractivity contribution in [2.45, 2.75) is 38.1 Å². The molecule has 0 aliphatic rings. The largest absolute Gasteiger partial charge is 0.478 e. The molecule has 0 unspecified atom stereocenters. The van der Waals surface area contributed by atoms with Gasteiger partial charge in [0.05, 0.1) is 0 Å². The van der Waals surface area contributed by atoms with Crippen molar-refractivity contribution in [3.63, 3.8) is 0 Å². The van der Waals surface area contributed by atoms with Crippen molar-refractivity contribution < 1.29 is 27.5 Å². The number of nitrogens with one attached hydrogen (secondary N) is 1. The first-order valence-electron chi connectivity index (χ1n) is 5.57. The first-order chi connectivity index (χ1) is 8.90. The van der Waals surface area contributed by atoms with Gasteiger partial charge >= 0.3 is 5.97 Å². The second kappa shape index (κ2) is 4.91. The summed E-state index contributed by atoms with van der Waals surface area (Å²) < 4.78 is 31.7. The lowest BCUT2D eigenvalue weighted by Crippen LogP contribution is -2.53. The number of aryl methyl sites for hydroxylation is 2. The molecule has 0 spiro atoms. The number of hydrogen-bond donors (Lipinski definition) is 3. The highest BCUT2D eigenvalue weighted by atomic mass is 32.2. The van der Waals surface area contributed by atoms with E-state index in [4.69, 9.17) is 15.3 Å². The minimum atomic E-state index is -4.27.